The Labute approximate surface area is 54.6 Å². The van der Waals surface area contributed by atoms with Crippen molar-refractivity contribution < 1.29 is 9.59 Å². The van der Waals surface area contributed by atoms with E-state index in [9.17, 15) is 9.59 Å². The van der Waals surface area contributed by atoms with E-state index in [2.05, 4.69) is 6.58 Å². The number of allylic oxidation sites excluding steroid dienone is 1. The van der Waals surface area contributed by atoms with Gasteiger partial charge in [0.1, 0.15) is 6.29 Å². The Kier molecular flexibility index (Phi) is 2.85. The topological polar surface area (TPSA) is 34.1 Å². The van der Waals surface area contributed by atoms with Gasteiger partial charge >= 0.3 is 0 Å². The van der Waals surface area contributed by atoms with Crippen LogP contribution in [0.1, 0.15) is 13.8 Å². The first kappa shape index (κ1) is 8.08. The number of hydrogen-bond donors (Lipinski definition) is 0. The van der Waals surface area contributed by atoms with Crippen LogP contribution in [-0.2, 0) is 9.59 Å². The SMILES string of the molecule is C=C(C)C(=O)C(C)C=O. The van der Waals surface area contributed by atoms with Crippen molar-refractivity contribution in [2.75, 3.05) is 0 Å². The van der Waals surface area contributed by atoms with E-state index in [1.165, 1.54) is 0 Å². The maximum absolute atomic E-state index is 10.7. The molecule has 1 unspecified atom stereocenters. The number of carbonyl (C=O) groups is 2. The van der Waals surface area contributed by atoms with Gasteiger partial charge in [-0.05, 0) is 19.4 Å². The monoisotopic (exact) mass is 126 g/mol. The van der Waals surface area contributed by atoms with E-state index >= 15 is 0 Å². The van der Waals surface area contributed by atoms with E-state index in [4.69, 9.17) is 0 Å². The number of Topliss-reactive ketones (excluding diaryl/α,β-unsaturated/α-hetero) is 1. The fraction of sp³-hybridized carbons (Fsp3) is 0.429. The molecule has 0 aromatic carbocycles. The van der Waals surface area contributed by atoms with Crippen LogP contribution in [0.15, 0.2) is 12.2 Å². The first-order chi connectivity index (χ1) is 4.09. The van der Waals surface area contributed by atoms with Gasteiger partial charge in [-0.3, -0.25) is 4.79 Å². The lowest BCUT2D eigenvalue weighted by atomic mass is 10.0. The van der Waals surface area contributed by atoms with Gasteiger partial charge < -0.3 is 4.79 Å². The Balaban J connectivity index is 4.03. The van der Waals surface area contributed by atoms with Crippen molar-refractivity contribution in [3.05, 3.63) is 12.2 Å². The van der Waals surface area contributed by atoms with Crippen molar-refractivity contribution in [1.29, 1.82) is 0 Å². The predicted molar refractivity (Wildman–Crippen MR) is 35.0 cm³/mol. The first-order valence-corrected chi connectivity index (χ1v) is 2.74. The highest BCUT2D eigenvalue weighted by atomic mass is 16.1. The molecule has 0 amide bonds. The van der Waals surface area contributed by atoms with Crippen LogP contribution in [0.4, 0.5) is 0 Å². The van der Waals surface area contributed by atoms with Crippen LogP contribution in [0.3, 0.4) is 0 Å². The van der Waals surface area contributed by atoms with E-state index in [0.717, 1.165) is 0 Å². The Morgan fingerprint density at radius 2 is 2.11 bits per heavy atom. The summed E-state index contributed by atoms with van der Waals surface area (Å²) in [6.45, 7) is 6.57. The summed E-state index contributed by atoms with van der Waals surface area (Å²) < 4.78 is 0. The van der Waals surface area contributed by atoms with E-state index < -0.39 is 5.92 Å². The number of aldehydes is 1. The van der Waals surface area contributed by atoms with Crippen LogP contribution in [0.5, 0.6) is 0 Å². The summed E-state index contributed by atoms with van der Waals surface area (Å²) in [6.07, 6.45) is 0.622. The second-order valence-corrected chi connectivity index (χ2v) is 2.07. The quantitative estimate of drug-likeness (QED) is 0.321. The summed E-state index contributed by atoms with van der Waals surface area (Å²) in [5.41, 5.74) is 0.439. The third kappa shape index (κ3) is 2.22. The summed E-state index contributed by atoms with van der Waals surface area (Å²) in [5, 5.41) is 0. The molecule has 9 heavy (non-hydrogen) atoms. The smallest absolute Gasteiger partial charge is 0.167 e. The van der Waals surface area contributed by atoms with E-state index in [1.54, 1.807) is 13.8 Å². The summed E-state index contributed by atoms with van der Waals surface area (Å²) >= 11 is 0. The maximum Gasteiger partial charge on any atom is 0.167 e. The van der Waals surface area contributed by atoms with Crippen molar-refractivity contribution in [2.24, 2.45) is 5.92 Å². The summed E-state index contributed by atoms with van der Waals surface area (Å²) in [4.78, 5) is 20.7. The minimum absolute atomic E-state index is 0.176. The standard InChI is InChI=1S/C7H10O2/c1-5(2)7(9)6(3)4-8/h4,6H,1H2,2-3H3. The average molecular weight is 126 g/mol. The van der Waals surface area contributed by atoms with Crippen molar-refractivity contribution in [2.45, 2.75) is 13.8 Å². The molecule has 0 saturated carbocycles. The number of hydrogen-bond acceptors (Lipinski definition) is 2. The van der Waals surface area contributed by atoms with Crippen molar-refractivity contribution >= 4 is 12.1 Å². The van der Waals surface area contributed by atoms with Gasteiger partial charge in [-0.25, -0.2) is 0 Å². The fourth-order valence-electron chi connectivity index (χ4n) is 0.450. The highest BCUT2D eigenvalue weighted by Crippen LogP contribution is 1.99. The van der Waals surface area contributed by atoms with Crippen LogP contribution >= 0.6 is 0 Å². The summed E-state index contributed by atoms with van der Waals surface area (Å²) in [6, 6.07) is 0. The van der Waals surface area contributed by atoms with Crippen LogP contribution in [0.25, 0.3) is 0 Å². The molecule has 0 aliphatic heterocycles. The second-order valence-electron chi connectivity index (χ2n) is 2.07. The molecule has 0 aliphatic rings. The van der Waals surface area contributed by atoms with E-state index in [-0.39, 0.29) is 5.78 Å². The van der Waals surface area contributed by atoms with Crippen LogP contribution in [0, 0.1) is 5.92 Å². The Morgan fingerprint density at radius 3 is 2.22 bits per heavy atom. The molecule has 0 saturated heterocycles. The van der Waals surface area contributed by atoms with Gasteiger partial charge in [-0.2, -0.15) is 0 Å². The molecule has 0 aliphatic carbocycles. The number of rotatable bonds is 3. The molecule has 0 radical (unpaired) electrons. The molecule has 0 spiro atoms. The molecular formula is C7H10O2. The molecule has 0 aromatic rings. The number of ketones is 1. The van der Waals surface area contributed by atoms with Crippen molar-refractivity contribution in [1.82, 2.24) is 0 Å². The third-order valence-corrected chi connectivity index (χ3v) is 1.04. The Hall–Kier alpha value is -0.920. The minimum Gasteiger partial charge on any atom is -0.303 e. The fourth-order valence-corrected chi connectivity index (χ4v) is 0.450. The Morgan fingerprint density at radius 1 is 1.67 bits per heavy atom. The van der Waals surface area contributed by atoms with Gasteiger partial charge in [0.25, 0.3) is 0 Å². The van der Waals surface area contributed by atoms with Crippen molar-refractivity contribution in [3.63, 3.8) is 0 Å². The zero-order chi connectivity index (χ0) is 7.44. The first-order valence-electron chi connectivity index (χ1n) is 2.74. The molecule has 0 bridgehead atoms. The normalized spacial score (nSPS) is 12.2. The van der Waals surface area contributed by atoms with Crippen molar-refractivity contribution in [3.8, 4) is 0 Å². The molecule has 1 atom stereocenters. The van der Waals surface area contributed by atoms with Crippen LogP contribution < -0.4 is 0 Å². The van der Waals surface area contributed by atoms with E-state index in [1.807, 2.05) is 0 Å². The zero-order valence-corrected chi connectivity index (χ0v) is 5.68. The highest BCUT2D eigenvalue weighted by Gasteiger charge is 2.10. The molecule has 0 heterocycles. The maximum atomic E-state index is 10.7. The predicted octanol–water partition coefficient (Wildman–Crippen LogP) is 0.967. The van der Waals surface area contributed by atoms with Gasteiger partial charge in [0, 0.05) is 0 Å². The van der Waals surface area contributed by atoms with Gasteiger partial charge in [0.05, 0.1) is 5.92 Å². The highest BCUT2D eigenvalue weighted by molar-refractivity contribution is 6.03. The van der Waals surface area contributed by atoms with Gasteiger partial charge in [0.15, 0.2) is 5.78 Å². The lowest BCUT2D eigenvalue weighted by Crippen LogP contribution is -2.11. The van der Waals surface area contributed by atoms with E-state index in [0.29, 0.717) is 11.9 Å². The molecule has 0 fully saturated rings. The van der Waals surface area contributed by atoms with Gasteiger partial charge in [0.2, 0.25) is 0 Å². The molecule has 50 valence electrons. The molecule has 0 rings (SSSR count). The lowest BCUT2D eigenvalue weighted by molar-refractivity contribution is -0.123. The summed E-state index contributed by atoms with van der Waals surface area (Å²) in [7, 11) is 0. The number of carbonyl (C=O) groups excluding carboxylic acids is 2. The second kappa shape index (κ2) is 3.17. The molecule has 2 nitrogen and oxygen atoms in total. The molecular weight excluding hydrogens is 116 g/mol. The Bertz CT molecular complexity index is 147. The molecule has 0 N–H and O–H groups in total. The zero-order valence-electron chi connectivity index (χ0n) is 5.68. The minimum atomic E-state index is -0.525. The van der Waals surface area contributed by atoms with Crippen LogP contribution in [-0.4, -0.2) is 12.1 Å². The van der Waals surface area contributed by atoms with Gasteiger partial charge in [-0.1, -0.05) is 6.58 Å². The molecule has 2 heteroatoms. The average Bonchev–Trinajstić information content (AvgIpc) is 1.84. The van der Waals surface area contributed by atoms with Crippen LogP contribution in [0.2, 0.25) is 0 Å². The molecule has 0 aromatic heterocycles. The largest absolute Gasteiger partial charge is 0.303 e. The third-order valence-electron chi connectivity index (χ3n) is 1.04. The lowest BCUT2D eigenvalue weighted by Gasteiger charge is -1.98. The van der Waals surface area contributed by atoms with Gasteiger partial charge in [-0.15, -0.1) is 0 Å². The summed E-state index contributed by atoms with van der Waals surface area (Å²) in [5.74, 6) is -0.701.